The van der Waals surface area contributed by atoms with Gasteiger partial charge in [-0.1, -0.05) is 24.3 Å². The fourth-order valence-electron chi connectivity index (χ4n) is 4.35. The van der Waals surface area contributed by atoms with Gasteiger partial charge in [-0.3, -0.25) is 18.9 Å². The number of halogens is 2. The molecule has 1 saturated heterocycles. The summed E-state index contributed by atoms with van der Waals surface area (Å²) in [7, 11) is 0. The van der Waals surface area contributed by atoms with E-state index in [1.165, 1.54) is 4.40 Å². The molecule has 0 atom stereocenters. The summed E-state index contributed by atoms with van der Waals surface area (Å²) in [6, 6.07) is 14.6. The lowest BCUT2D eigenvalue weighted by molar-refractivity contribution is -0.0632. The first kappa shape index (κ1) is 20.5. The molecule has 5 rings (SSSR count). The number of alkyl halides is 2. The van der Waals surface area contributed by atoms with Gasteiger partial charge in [-0.05, 0) is 48.0 Å². The van der Waals surface area contributed by atoms with E-state index in [2.05, 4.69) is 10.3 Å². The molecule has 4 aromatic rings. The highest BCUT2D eigenvalue weighted by molar-refractivity contribution is 6.02. The standard InChI is InChI=1S/C24H22F2N4O2/c25-24(26)8-4-10-29(15-24)12-9-27-22(31)18-7-3-11-30-21(18)28-20-14-17-6-2-1-5-16(17)13-19(20)23(30)32/h1-3,5-7,11,13-14H,4,8-10,12,15H2,(H,27,31). The first-order valence-electron chi connectivity index (χ1n) is 10.6. The molecule has 0 spiro atoms. The maximum atomic E-state index is 13.6. The van der Waals surface area contributed by atoms with Gasteiger partial charge in [-0.2, -0.15) is 0 Å². The monoisotopic (exact) mass is 436 g/mol. The molecule has 2 aromatic carbocycles. The molecule has 32 heavy (non-hydrogen) atoms. The van der Waals surface area contributed by atoms with Crippen molar-refractivity contribution in [3.8, 4) is 0 Å². The average Bonchev–Trinajstić information content (AvgIpc) is 2.77. The highest BCUT2D eigenvalue weighted by Crippen LogP contribution is 2.26. The molecule has 6 nitrogen and oxygen atoms in total. The van der Waals surface area contributed by atoms with Crippen molar-refractivity contribution >= 4 is 33.2 Å². The van der Waals surface area contributed by atoms with Gasteiger partial charge in [0.15, 0.2) is 5.65 Å². The Morgan fingerprint density at radius 2 is 1.91 bits per heavy atom. The number of rotatable bonds is 4. The second kappa shape index (κ2) is 7.94. The highest BCUT2D eigenvalue weighted by atomic mass is 19.3. The number of piperidine rings is 1. The highest BCUT2D eigenvalue weighted by Gasteiger charge is 2.34. The number of nitrogens with one attached hydrogen (secondary N) is 1. The number of hydrogen-bond donors (Lipinski definition) is 1. The van der Waals surface area contributed by atoms with Gasteiger partial charge in [0.25, 0.3) is 17.4 Å². The summed E-state index contributed by atoms with van der Waals surface area (Å²) in [4.78, 5) is 32.2. The lowest BCUT2D eigenvalue weighted by Crippen LogP contribution is -2.45. The van der Waals surface area contributed by atoms with Gasteiger partial charge in [-0.15, -0.1) is 0 Å². The Morgan fingerprint density at radius 3 is 2.69 bits per heavy atom. The van der Waals surface area contributed by atoms with Crippen LogP contribution in [0, 0.1) is 0 Å². The molecule has 8 heteroatoms. The van der Waals surface area contributed by atoms with Gasteiger partial charge >= 0.3 is 0 Å². The summed E-state index contributed by atoms with van der Waals surface area (Å²) in [5, 5.41) is 5.15. The fraction of sp³-hybridized carbons (Fsp3) is 0.292. The van der Waals surface area contributed by atoms with Crippen LogP contribution in [0.15, 0.2) is 59.5 Å². The molecule has 0 unspecified atom stereocenters. The molecule has 3 heterocycles. The molecule has 0 bridgehead atoms. The second-order valence-corrected chi connectivity index (χ2v) is 8.24. The van der Waals surface area contributed by atoms with Crippen LogP contribution in [0.2, 0.25) is 0 Å². The van der Waals surface area contributed by atoms with E-state index in [1.54, 1.807) is 23.2 Å². The number of carbonyl (C=O) groups is 1. The molecule has 1 fully saturated rings. The van der Waals surface area contributed by atoms with Gasteiger partial charge in [0.2, 0.25) is 0 Å². The molecule has 164 valence electrons. The quantitative estimate of drug-likeness (QED) is 0.498. The zero-order valence-corrected chi connectivity index (χ0v) is 17.4. The number of benzene rings is 2. The van der Waals surface area contributed by atoms with Crippen molar-refractivity contribution in [1.82, 2.24) is 19.6 Å². The zero-order valence-electron chi connectivity index (χ0n) is 17.4. The fourth-order valence-corrected chi connectivity index (χ4v) is 4.35. The van der Waals surface area contributed by atoms with Crippen LogP contribution < -0.4 is 10.9 Å². The minimum Gasteiger partial charge on any atom is -0.351 e. The van der Waals surface area contributed by atoms with Crippen LogP contribution in [0.3, 0.4) is 0 Å². The van der Waals surface area contributed by atoms with Crippen molar-refractivity contribution in [3.63, 3.8) is 0 Å². The van der Waals surface area contributed by atoms with Gasteiger partial charge in [0, 0.05) is 25.7 Å². The summed E-state index contributed by atoms with van der Waals surface area (Å²) >= 11 is 0. The van der Waals surface area contributed by atoms with Crippen molar-refractivity contribution in [2.45, 2.75) is 18.8 Å². The largest absolute Gasteiger partial charge is 0.351 e. The van der Waals surface area contributed by atoms with Gasteiger partial charge in [-0.25, -0.2) is 13.8 Å². The molecule has 2 aromatic heterocycles. The number of pyridine rings is 1. The number of nitrogens with zero attached hydrogens (tertiary/aromatic N) is 3. The average molecular weight is 436 g/mol. The molecule has 0 aliphatic carbocycles. The SMILES string of the molecule is O=C(NCCN1CCCC(F)(F)C1)c1cccn2c(=O)c3cc4ccccc4cc3nc12. The first-order valence-corrected chi connectivity index (χ1v) is 10.6. The predicted molar refractivity (Wildman–Crippen MR) is 119 cm³/mol. The maximum Gasteiger partial charge on any atom is 0.265 e. The molecule has 1 amide bonds. The number of amides is 1. The van der Waals surface area contributed by atoms with Crippen LogP contribution >= 0.6 is 0 Å². The Morgan fingerprint density at radius 1 is 1.12 bits per heavy atom. The Hall–Kier alpha value is -3.39. The minimum atomic E-state index is -2.67. The number of carbonyl (C=O) groups excluding carboxylic acids is 1. The van der Waals surface area contributed by atoms with Gasteiger partial charge in [0.05, 0.1) is 23.0 Å². The maximum absolute atomic E-state index is 13.6. The molecule has 1 N–H and O–H groups in total. The first-order chi connectivity index (χ1) is 15.4. The predicted octanol–water partition coefficient (Wildman–Crippen LogP) is 3.46. The third kappa shape index (κ3) is 3.82. The Kier molecular flexibility index (Phi) is 5.09. The van der Waals surface area contributed by atoms with Crippen molar-refractivity contribution in [1.29, 1.82) is 0 Å². The lowest BCUT2D eigenvalue weighted by Gasteiger charge is -2.32. The Labute approximate surface area is 182 Å². The number of fused-ring (bicyclic) bond motifs is 3. The van der Waals surface area contributed by atoms with E-state index in [-0.39, 0.29) is 42.2 Å². The van der Waals surface area contributed by atoms with E-state index < -0.39 is 5.92 Å². The molecule has 1 aliphatic rings. The van der Waals surface area contributed by atoms with Crippen molar-refractivity contribution in [3.05, 3.63) is 70.6 Å². The van der Waals surface area contributed by atoms with Crippen molar-refractivity contribution in [2.24, 2.45) is 0 Å². The van der Waals surface area contributed by atoms with Crippen LogP contribution in [0.4, 0.5) is 8.78 Å². The van der Waals surface area contributed by atoms with E-state index >= 15 is 0 Å². The van der Waals surface area contributed by atoms with E-state index in [9.17, 15) is 18.4 Å². The molecule has 1 aliphatic heterocycles. The van der Waals surface area contributed by atoms with E-state index in [0.29, 0.717) is 30.4 Å². The number of hydrogen-bond acceptors (Lipinski definition) is 4. The summed E-state index contributed by atoms with van der Waals surface area (Å²) in [5.74, 6) is -3.06. The molecular formula is C24H22F2N4O2. The molecule has 0 saturated carbocycles. The van der Waals surface area contributed by atoms with Gasteiger partial charge in [0.1, 0.15) is 0 Å². The minimum absolute atomic E-state index is 0.0878. The number of aromatic nitrogens is 2. The van der Waals surface area contributed by atoms with Crippen LogP contribution in [-0.2, 0) is 0 Å². The topological polar surface area (TPSA) is 66.7 Å². The van der Waals surface area contributed by atoms with E-state index in [1.807, 2.05) is 36.4 Å². The van der Waals surface area contributed by atoms with Crippen molar-refractivity contribution in [2.75, 3.05) is 26.2 Å². The summed E-state index contributed by atoms with van der Waals surface area (Å²) in [6.45, 7) is 0.886. The normalized spacial score (nSPS) is 16.6. The Bertz CT molecular complexity index is 1400. The summed E-state index contributed by atoms with van der Waals surface area (Å²) < 4.78 is 28.5. The smallest absolute Gasteiger partial charge is 0.265 e. The van der Waals surface area contributed by atoms with Crippen LogP contribution in [-0.4, -0.2) is 52.3 Å². The number of likely N-dealkylation sites (tertiary alicyclic amines) is 1. The summed E-state index contributed by atoms with van der Waals surface area (Å²) in [6.07, 6.45) is 1.94. The van der Waals surface area contributed by atoms with Crippen LogP contribution in [0.25, 0.3) is 27.3 Å². The van der Waals surface area contributed by atoms with E-state index in [4.69, 9.17) is 0 Å². The lowest BCUT2D eigenvalue weighted by atomic mass is 10.1. The molecule has 0 radical (unpaired) electrons. The third-order valence-electron chi connectivity index (χ3n) is 5.94. The van der Waals surface area contributed by atoms with Crippen LogP contribution in [0.1, 0.15) is 23.2 Å². The van der Waals surface area contributed by atoms with E-state index in [0.717, 1.165) is 10.8 Å². The third-order valence-corrected chi connectivity index (χ3v) is 5.94. The molecular weight excluding hydrogens is 414 g/mol. The second-order valence-electron chi connectivity index (χ2n) is 8.24. The zero-order chi connectivity index (χ0) is 22.3. The summed E-state index contributed by atoms with van der Waals surface area (Å²) in [5.41, 5.74) is 0.802. The van der Waals surface area contributed by atoms with Gasteiger partial charge < -0.3 is 5.32 Å². The van der Waals surface area contributed by atoms with Crippen molar-refractivity contribution < 1.29 is 13.6 Å². The Balaban J connectivity index is 1.44. The van der Waals surface area contributed by atoms with Crippen LogP contribution in [0.5, 0.6) is 0 Å².